The predicted octanol–water partition coefficient (Wildman–Crippen LogP) is 3.87. The highest BCUT2D eigenvalue weighted by atomic mass is 19.1. The van der Waals surface area contributed by atoms with E-state index in [-0.39, 0.29) is 18.3 Å². The highest BCUT2D eigenvalue weighted by Crippen LogP contribution is 2.35. The first kappa shape index (κ1) is 20.5. The lowest BCUT2D eigenvalue weighted by Crippen LogP contribution is -2.07. The van der Waals surface area contributed by atoms with Crippen molar-refractivity contribution in [2.24, 2.45) is 0 Å². The Balaban J connectivity index is 1.76. The van der Waals surface area contributed by atoms with Crippen LogP contribution >= 0.6 is 0 Å². The number of aromatic nitrogens is 5. The summed E-state index contributed by atoms with van der Waals surface area (Å²) in [6.45, 7) is 2.42. The van der Waals surface area contributed by atoms with Crippen molar-refractivity contribution >= 4 is 0 Å². The first-order chi connectivity index (χ1) is 15.0. The molecular formula is C21H17F2N5O3. The molecule has 158 valence electrons. The van der Waals surface area contributed by atoms with Crippen LogP contribution < -0.4 is 4.74 Å². The van der Waals surface area contributed by atoms with Gasteiger partial charge >= 0.3 is 0 Å². The number of aryl methyl sites for hydroxylation is 1. The highest BCUT2D eigenvalue weighted by molar-refractivity contribution is 5.75. The monoisotopic (exact) mass is 425 g/mol. The minimum absolute atomic E-state index is 0.115. The second-order valence-electron chi connectivity index (χ2n) is 6.49. The zero-order chi connectivity index (χ0) is 21.8. The van der Waals surface area contributed by atoms with Gasteiger partial charge in [0.05, 0.1) is 24.7 Å². The lowest BCUT2D eigenvalue weighted by Gasteiger charge is -2.14. The largest absolute Gasteiger partial charge is 0.489 e. The van der Waals surface area contributed by atoms with E-state index in [9.17, 15) is 8.78 Å². The summed E-state index contributed by atoms with van der Waals surface area (Å²) in [5.74, 6) is -0.182. The molecule has 0 spiro atoms. The first-order valence-corrected chi connectivity index (χ1v) is 9.25. The average molecular weight is 425 g/mol. The van der Waals surface area contributed by atoms with Crippen molar-refractivity contribution in [3.05, 3.63) is 60.2 Å². The van der Waals surface area contributed by atoms with Crippen molar-refractivity contribution in [1.29, 1.82) is 0 Å². The molecule has 0 N–H and O–H groups in total. The maximum absolute atomic E-state index is 13.8. The van der Waals surface area contributed by atoms with Crippen LogP contribution in [-0.2, 0) is 4.74 Å². The zero-order valence-corrected chi connectivity index (χ0v) is 16.7. The molecule has 0 radical (unpaired) electrons. The third-order valence-corrected chi connectivity index (χ3v) is 4.29. The number of rotatable bonds is 7. The van der Waals surface area contributed by atoms with E-state index in [0.29, 0.717) is 40.6 Å². The van der Waals surface area contributed by atoms with Crippen LogP contribution in [0.5, 0.6) is 5.75 Å². The molecule has 0 aromatic carbocycles. The van der Waals surface area contributed by atoms with Gasteiger partial charge in [0.2, 0.25) is 5.82 Å². The number of hydrogen-bond acceptors (Lipinski definition) is 8. The minimum atomic E-state index is -0.486. The molecule has 4 aromatic heterocycles. The van der Waals surface area contributed by atoms with Crippen LogP contribution in [0, 0.1) is 18.6 Å². The number of hydrogen-bond donors (Lipinski definition) is 0. The van der Waals surface area contributed by atoms with Gasteiger partial charge < -0.3 is 14.0 Å². The van der Waals surface area contributed by atoms with E-state index in [1.807, 2.05) is 0 Å². The smallest absolute Gasteiger partial charge is 0.276 e. The molecule has 0 bridgehead atoms. The average Bonchev–Trinajstić information content (AvgIpc) is 3.25. The number of methoxy groups -OCH3 is 1. The summed E-state index contributed by atoms with van der Waals surface area (Å²) in [6.07, 6.45) is 3.70. The molecule has 0 amide bonds. The van der Waals surface area contributed by atoms with Crippen molar-refractivity contribution in [3.8, 4) is 40.0 Å². The van der Waals surface area contributed by atoms with Gasteiger partial charge in [-0.25, -0.2) is 18.7 Å². The van der Waals surface area contributed by atoms with Gasteiger partial charge in [-0.15, -0.1) is 0 Å². The third kappa shape index (κ3) is 4.53. The van der Waals surface area contributed by atoms with Crippen LogP contribution in [0.2, 0.25) is 0 Å². The van der Waals surface area contributed by atoms with Gasteiger partial charge in [0.15, 0.2) is 0 Å². The van der Waals surface area contributed by atoms with Gasteiger partial charge in [-0.2, -0.15) is 4.98 Å². The van der Waals surface area contributed by atoms with E-state index in [1.54, 1.807) is 20.1 Å². The SMILES string of the molecule is COCCOc1c(-c2cncc(F)c2)cc(-c2noc(-c3ccc(F)cn3)n2)nc1C. The molecule has 0 aliphatic carbocycles. The number of halogens is 2. The predicted molar refractivity (Wildman–Crippen MR) is 106 cm³/mol. The van der Waals surface area contributed by atoms with Crippen LogP contribution in [0.15, 0.2) is 47.4 Å². The molecule has 31 heavy (non-hydrogen) atoms. The summed E-state index contributed by atoms with van der Waals surface area (Å²) in [7, 11) is 1.57. The van der Waals surface area contributed by atoms with Crippen molar-refractivity contribution < 1.29 is 22.8 Å². The van der Waals surface area contributed by atoms with Gasteiger partial charge in [-0.05, 0) is 31.2 Å². The topological polar surface area (TPSA) is 96.1 Å². The Kier molecular flexibility index (Phi) is 5.89. The molecule has 0 fully saturated rings. The van der Waals surface area contributed by atoms with Gasteiger partial charge in [0.1, 0.15) is 35.4 Å². The number of ether oxygens (including phenoxy) is 2. The Hall–Kier alpha value is -3.79. The van der Waals surface area contributed by atoms with Crippen molar-refractivity contribution in [3.63, 3.8) is 0 Å². The molecule has 10 heteroatoms. The molecule has 0 aliphatic heterocycles. The molecule has 0 atom stereocenters. The van der Waals surface area contributed by atoms with E-state index in [4.69, 9.17) is 14.0 Å². The van der Waals surface area contributed by atoms with E-state index in [1.165, 1.54) is 24.4 Å². The van der Waals surface area contributed by atoms with E-state index < -0.39 is 11.6 Å². The molecule has 4 rings (SSSR count). The number of pyridine rings is 3. The molecule has 0 aliphatic rings. The molecule has 4 aromatic rings. The maximum Gasteiger partial charge on any atom is 0.276 e. The molecular weight excluding hydrogens is 408 g/mol. The number of nitrogens with zero attached hydrogens (tertiary/aromatic N) is 5. The van der Waals surface area contributed by atoms with Crippen molar-refractivity contribution in [2.45, 2.75) is 6.92 Å². The summed E-state index contributed by atoms with van der Waals surface area (Å²) in [6, 6.07) is 5.69. The fraction of sp³-hybridized carbons (Fsp3) is 0.190. The molecule has 0 saturated heterocycles. The summed E-state index contributed by atoms with van der Waals surface area (Å²) < 4.78 is 43.1. The minimum Gasteiger partial charge on any atom is -0.489 e. The van der Waals surface area contributed by atoms with Gasteiger partial charge in [0.25, 0.3) is 5.89 Å². The van der Waals surface area contributed by atoms with Crippen molar-refractivity contribution in [1.82, 2.24) is 25.1 Å². The fourth-order valence-electron chi connectivity index (χ4n) is 2.89. The second kappa shape index (κ2) is 8.92. The van der Waals surface area contributed by atoms with Crippen molar-refractivity contribution in [2.75, 3.05) is 20.3 Å². The molecule has 0 unspecified atom stereocenters. The van der Waals surface area contributed by atoms with E-state index >= 15 is 0 Å². The van der Waals surface area contributed by atoms with Gasteiger partial charge in [-0.1, -0.05) is 5.16 Å². The van der Waals surface area contributed by atoms with Crippen LogP contribution in [0.25, 0.3) is 34.2 Å². The van der Waals surface area contributed by atoms with E-state index in [0.717, 1.165) is 12.4 Å². The fourth-order valence-corrected chi connectivity index (χ4v) is 2.89. The Bertz CT molecular complexity index is 1200. The Morgan fingerprint density at radius 3 is 2.58 bits per heavy atom. The third-order valence-electron chi connectivity index (χ3n) is 4.29. The molecule has 8 nitrogen and oxygen atoms in total. The van der Waals surface area contributed by atoms with Gasteiger partial charge in [-0.3, -0.25) is 4.98 Å². The molecule has 4 heterocycles. The zero-order valence-electron chi connectivity index (χ0n) is 16.7. The summed E-state index contributed by atoms with van der Waals surface area (Å²) in [5.41, 5.74) is 2.32. The Morgan fingerprint density at radius 1 is 0.968 bits per heavy atom. The van der Waals surface area contributed by atoms with Crippen LogP contribution in [0.3, 0.4) is 0 Å². The van der Waals surface area contributed by atoms with Crippen LogP contribution in [0.4, 0.5) is 8.78 Å². The standard InChI is InChI=1S/C21H17F2N5O3/c1-12-19(30-6-5-29-2)16(13-7-15(23)10-24-9-13)8-18(26-12)20-27-21(31-28-20)17-4-3-14(22)11-25-17/h3-4,7-11H,5-6H2,1-2H3. The first-order valence-electron chi connectivity index (χ1n) is 9.25. The quantitative estimate of drug-likeness (QED) is 0.412. The lowest BCUT2D eigenvalue weighted by molar-refractivity contribution is 0.146. The maximum atomic E-state index is 13.8. The van der Waals surface area contributed by atoms with Gasteiger partial charge in [0, 0.05) is 24.4 Å². The lowest BCUT2D eigenvalue weighted by atomic mass is 10.0. The summed E-state index contributed by atoms with van der Waals surface area (Å²) in [5, 5.41) is 3.95. The Labute approximate surface area is 175 Å². The summed E-state index contributed by atoms with van der Waals surface area (Å²) in [4.78, 5) is 16.7. The van der Waals surface area contributed by atoms with Crippen LogP contribution in [-0.4, -0.2) is 45.4 Å². The Morgan fingerprint density at radius 2 is 1.84 bits per heavy atom. The van der Waals surface area contributed by atoms with E-state index in [2.05, 4.69) is 25.1 Å². The normalized spacial score (nSPS) is 11.0. The molecule has 0 saturated carbocycles. The second-order valence-corrected chi connectivity index (χ2v) is 6.49. The highest BCUT2D eigenvalue weighted by Gasteiger charge is 2.19. The summed E-state index contributed by atoms with van der Waals surface area (Å²) >= 11 is 0. The van der Waals surface area contributed by atoms with Crippen LogP contribution in [0.1, 0.15) is 5.69 Å².